The van der Waals surface area contributed by atoms with Crippen LogP contribution in [0, 0.1) is 24.5 Å². The first-order valence-corrected chi connectivity index (χ1v) is 11.3. The number of nitrogens with one attached hydrogen (secondary N) is 2. The molecule has 9 heteroatoms. The predicted molar refractivity (Wildman–Crippen MR) is 111 cm³/mol. The second-order valence-corrected chi connectivity index (χ2v) is 9.39. The first-order valence-electron chi connectivity index (χ1n) is 9.82. The fraction of sp³-hybridized carbons (Fsp3) is 0.381. The highest BCUT2D eigenvalue weighted by atomic mass is 32.2. The highest BCUT2D eigenvalue weighted by molar-refractivity contribution is 7.89. The van der Waals surface area contributed by atoms with Crippen LogP contribution in [0.15, 0.2) is 47.4 Å². The molecule has 1 aliphatic heterocycles. The molecule has 1 heterocycles. The van der Waals surface area contributed by atoms with Crippen LogP contribution in [0.4, 0.5) is 19.3 Å². The average molecular weight is 438 g/mol. The number of halogens is 2. The number of rotatable bonds is 6. The maximum atomic E-state index is 13.6. The SMILES string of the molecule is Cc1ccc(S(=O)(=O)N2CCC(CCNC(=O)Nc3ccc(F)cc3F)CC2)cc1. The number of anilines is 1. The van der Waals surface area contributed by atoms with Gasteiger partial charge >= 0.3 is 6.03 Å². The van der Waals surface area contributed by atoms with E-state index in [2.05, 4.69) is 10.6 Å². The van der Waals surface area contributed by atoms with E-state index in [4.69, 9.17) is 0 Å². The molecule has 2 N–H and O–H groups in total. The molecule has 0 atom stereocenters. The molecule has 1 fully saturated rings. The van der Waals surface area contributed by atoms with Gasteiger partial charge in [-0.2, -0.15) is 4.31 Å². The summed E-state index contributed by atoms with van der Waals surface area (Å²) in [7, 11) is -3.49. The number of hydrogen-bond donors (Lipinski definition) is 2. The van der Waals surface area contributed by atoms with E-state index < -0.39 is 27.7 Å². The fourth-order valence-corrected chi connectivity index (χ4v) is 4.91. The van der Waals surface area contributed by atoms with Gasteiger partial charge in [-0.1, -0.05) is 17.7 Å². The van der Waals surface area contributed by atoms with Gasteiger partial charge in [0.15, 0.2) is 0 Å². The molecule has 0 aromatic heterocycles. The van der Waals surface area contributed by atoms with Crippen LogP contribution in [-0.2, 0) is 10.0 Å². The summed E-state index contributed by atoms with van der Waals surface area (Å²) in [6.07, 6.45) is 2.11. The molecule has 0 spiro atoms. The summed E-state index contributed by atoms with van der Waals surface area (Å²) in [5.41, 5.74) is 0.912. The number of nitrogens with zero attached hydrogens (tertiary/aromatic N) is 1. The van der Waals surface area contributed by atoms with E-state index in [0.717, 1.165) is 17.7 Å². The Bertz CT molecular complexity index is 989. The third-order valence-electron chi connectivity index (χ3n) is 5.25. The van der Waals surface area contributed by atoms with Crippen LogP contribution in [0.1, 0.15) is 24.8 Å². The van der Waals surface area contributed by atoms with E-state index in [-0.39, 0.29) is 11.6 Å². The van der Waals surface area contributed by atoms with Gasteiger partial charge in [0.25, 0.3) is 0 Å². The first-order chi connectivity index (χ1) is 14.3. The Morgan fingerprint density at radius 1 is 1.10 bits per heavy atom. The minimum Gasteiger partial charge on any atom is -0.338 e. The molecule has 0 aliphatic carbocycles. The Balaban J connectivity index is 1.42. The number of amides is 2. The van der Waals surface area contributed by atoms with E-state index in [9.17, 15) is 22.0 Å². The van der Waals surface area contributed by atoms with Crippen LogP contribution in [0.25, 0.3) is 0 Å². The number of hydrogen-bond acceptors (Lipinski definition) is 3. The van der Waals surface area contributed by atoms with Gasteiger partial charge in [0.2, 0.25) is 10.0 Å². The average Bonchev–Trinajstić information content (AvgIpc) is 2.71. The van der Waals surface area contributed by atoms with Crippen molar-refractivity contribution in [3.05, 3.63) is 59.7 Å². The van der Waals surface area contributed by atoms with E-state index in [1.807, 2.05) is 6.92 Å². The Morgan fingerprint density at radius 2 is 1.77 bits per heavy atom. The van der Waals surface area contributed by atoms with Crippen molar-refractivity contribution < 1.29 is 22.0 Å². The Hall–Kier alpha value is -2.52. The Labute approximate surface area is 175 Å². The summed E-state index contributed by atoms with van der Waals surface area (Å²) in [5.74, 6) is -1.26. The smallest absolute Gasteiger partial charge is 0.319 e. The van der Waals surface area contributed by atoms with Crippen LogP contribution < -0.4 is 10.6 Å². The van der Waals surface area contributed by atoms with Gasteiger partial charge in [0, 0.05) is 25.7 Å². The van der Waals surface area contributed by atoms with Gasteiger partial charge in [0.1, 0.15) is 11.6 Å². The van der Waals surface area contributed by atoms with Crippen molar-refractivity contribution in [1.82, 2.24) is 9.62 Å². The van der Waals surface area contributed by atoms with Crippen molar-refractivity contribution in [2.45, 2.75) is 31.1 Å². The maximum absolute atomic E-state index is 13.6. The van der Waals surface area contributed by atoms with Crippen molar-refractivity contribution in [2.24, 2.45) is 5.92 Å². The molecule has 1 saturated heterocycles. The highest BCUT2D eigenvalue weighted by Gasteiger charge is 2.29. The zero-order valence-electron chi connectivity index (χ0n) is 16.7. The second-order valence-electron chi connectivity index (χ2n) is 7.45. The van der Waals surface area contributed by atoms with Crippen LogP contribution in [0.3, 0.4) is 0 Å². The number of sulfonamides is 1. The topological polar surface area (TPSA) is 78.5 Å². The quantitative estimate of drug-likeness (QED) is 0.720. The number of piperidine rings is 1. The van der Waals surface area contributed by atoms with Gasteiger partial charge in [-0.25, -0.2) is 22.0 Å². The van der Waals surface area contributed by atoms with Crippen molar-refractivity contribution >= 4 is 21.7 Å². The molecule has 2 amide bonds. The number of carbonyl (C=O) groups excluding carboxylic acids is 1. The van der Waals surface area contributed by atoms with Crippen LogP contribution in [0.2, 0.25) is 0 Å². The third-order valence-corrected chi connectivity index (χ3v) is 7.16. The maximum Gasteiger partial charge on any atom is 0.319 e. The minimum atomic E-state index is -3.49. The molecule has 0 radical (unpaired) electrons. The molecular weight excluding hydrogens is 412 g/mol. The van der Waals surface area contributed by atoms with Gasteiger partial charge in [-0.15, -0.1) is 0 Å². The summed E-state index contributed by atoms with van der Waals surface area (Å²) < 4.78 is 53.4. The van der Waals surface area contributed by atoms with E-state index in [0.29, 0.717) is 49.9 Å². The summed E-state index contributed by atoms with van der Waals surface area (Å²) in [5, 5.41) is 5.00. The molecule has 1 aliphatic rings. The number of carbonyl (C=O) groups is 1. The number of benzene rings is 2. The molecule has 3 rings (SSSR count). The monoisotopic (exact) mass is 437 g/mol. The Morgan fingerprint density at radius 3 is 2.40 bits per heavy atom. The highest BCUT2D eigenvalue weighted by Crippen LogP contribution is 2.25. The molecule has 0 unspecified atom stereocenters. The third kappa shape index (κ3) is 5.54. The largest absolute Gasteiger partial charge is 0.338 e. The zero-order chi connectivity index (χ0) is 21.7. The Kier molecular flexibility index (Phi) is 7.04. The summed E-state index contributed by atoms with van der Waals surface area (Å²) in [4.78, 5) is 12.2. The van der Waals surface area contributed by atoms with Crippen molar-refractivity contribution in [1.29, 1.82) is 0 Å². The van der Waals surface area contributed by atoms with E-state index >= 15 is 0 Å². The molecule has 0 bridgehead atoms. The first kappa shape index (κ1) is 22.2. The van der Waals surface area contributed by atoms with Gasteiger partial charge in [-0.05, 0) is 56.4 Å². The van der Waals surface area contributed by atoms with Crippen molar-refractivity contribution in [2.75, 3.05) is 25.0 Å². The molecule has 162 valence electrons. The molecule has 2 aromatic rings. The van der Waals surface area contributed by atoms with Crippen LogP contribution in [0.5, 0.6) is 0 Å². The van der Waals surface area contributed by atoms with Gasteiger partial charge < -0.3 is 10.6 Å². The van der Waals surface area contributed by atoms with Gasteiger partial charge in [0.05, 0.1) is 10.6 Å². The fourth-order valence-electron chi connectivity index (χ4n) is 3.44. The van der Waals surface area contributed by atoms with Gasteiger partial charge in [-0.3, -0.25) is 0 Å². The lowest BCUT2D eigenvalue weighted by Gasteiger charge is -2.31. The van der Waals surface area contributed by atoms with Crippen molar-refractivity contribution in [3.8, 4) is 0 Å². The predicted octanol–water partition coefficient (Wildman–Crippen LogP) is 3.89. The van der Waals surface area contributed by atoms with E-state index in [1.54, 1.807) is 24.3 Å². The lowest BCUT2D eigenvalue weighted by Crippen LogP contribution is -2.39. The molecule has 30 heavy (non-hydrogen) atoms. The van der Waals surface area contributed by atoms with Crippen LogP contribution >= 0.6 is 0 Å². The molecule has 0 saturated carbocycles. The standard InChI is InChI=1S/C21H25F2N3O3S/c1-15-2-5-18(6-3-15)30(28,29)26-12-9-16(10-13-26)8-11-24-21(27)25-20-7-4-17(22)14-19(20)23/h2-7,14,16H,8-13H2,1H3,(H2,24,25,27). The second kappa shape index (κ2) is 9.53. The summed E-state index contributed by atoms with van der Waals surface area (Å²) >= 11 is 0. The van der Waals surface area contributed by atoms with E-state index in [1.165, 1.54) is 4.31 Å². The number of urea groups is 1. The normalized spacial score (nSPS) is 15.7. The molecular formula is C21H25F2N3O3S. The zero-order valence-corrected chi connectivity index (χ0v) is 17.5. The summed E-state index contributed by atoms with van der Waals surface area (Å²) in [6, 6.07) is 9.19. The summed E-state index contributed by atoms with van der Waals surface area (Å²) in [6.45, 7) is 3.16. The number of aryl methyl sites for hydroxylation is 1. The van der Waals surface area contributed by atoms with Crippen LogP contribution in [-0.4, -0.2) is 38.4 Å². The lowest BCUT2D eigenvalue weighted by atomic mass is 9.95. The molecule has 2 aromatic carbocycles. The lowest BCUT2D eigenvalue weighted by molar-refractivity contribution is 0.245. The molecule has 6 nitrogen and oxygen atoms in total. The minimum absolute atomic E-state index is 0.0940. The van der Waals surface area contributed by atoms with Crippen molar-refractivity contribution in [3.63, 3.8) is 0 Å².